The first kappa shape index (κ1) is 8.84. The van der Waals surface area contributed by atoms with Crippen LogP contribution >= 0.6 is 0 Å². The van der Waals surface area contributed by atoms with Gasteiger partial charge < -0.3 is 15.4 Å². The molecule has 3 N–H and O–H groups in total. The van der Waals surface area contributed by atoms with Gasteiger partial charge in [0.1, 0.15) is 0 Å². The first-order valence-electron chi connectivity index (χ1n) is 2.78. The van der Waals surface area contributed by atoms with Gasteiger partial charge in [-0.1, -0.05) is 0 Å². The fourth-order valence-electron chi connectivity index (χ4n) is 0.489. The highest BCUT2D eigenvalue weighted by molar-refractivity contribution is 4.55. The van der Waals surface area contributed by atoms with Gasteiger partial charge in [-0.05, 0) is 13.8 Å². The van der Waals surface area contributed by atoms with Crippen molar-refractivity contribution in [1.29, 1.82) is 0 Å². The Kier molecular flexibility index (Phi) is 2.57. The lowest BCUT2D eigenvalue weighted by Crippen LogP contribution is -2.47. The smallest absolute Gasteiger partial charge is 0.244 e. The number of hydroxylamine groups is 2. The van der Waals surface area contributed by atoms with E-state index in [0.29, 0.717) is 5.06 Å². The minimum Gasteiger partial charge on any atom is -0.352 e. The first-order valence-corrected chi connectivity index (χ1v) is 2.78. The van der Waals surface area contributed by atoms with Gasteiger partial charge >= 0.3 is 0 Å². The van der Waals surface area contributed by atoms with Crippen molar-refractivity contribution in [1.82, 2.24) is 5.06 Å². The molecule has 4 heteroatoms. The summed E-state index contributed by atoms with van der Waals surface area (Å²) in [6.07, 6.45) is 0. The number of hydrogen-bond donors (Lipinski definition) is 3. The molecule has 0 atom stereocenters. The van der Waals surface area contributed by atoms with E-state index in [0.717, 1.165) is 6.92 Å². The molecule has 0 aliphatic carbocycles. The standard InChI is InChI=1S/C5H13NO3/c1-4(2)6(9)5(3,7)8/h4,7-9H,1-3H3. The highest BCUT2D eigenvalue weighted by Gasteiger charge is 2.26. The highest BCUT2D eigenvalue weighted by Crippen LogP contribution is 2.06. The number of aliphatic hydroxyl groups is 2. The second-order valence-electron chi connectivity index (χ2n) is 2.41. The normalized spacial score (nSPS) is 13.3. The predicted molar refractivity (Wildman–Crippen MR) is 31.6 cm³/mol. The zero-order valence-electron chi connectivity index (χ0n) is 5.87. The molecule has 9 heavy (non-hydrogen) atoms. The Morgan fingerprint density at radius 1 is 1.33 bits per heavy atom. The summed E-state index contributed by atoms with van der Waals surface area (Å²) in [4.78, 5) is 0. The van der Waals surface area contributed by atoms with Gasteiger partial charge in [0.15, 0.2) is 0 Å². The highest BCUT2D eigenvalue weighted by atomic mass is 16.6. The van der Waals surface area contributed by atoms with Gasteiger partial charge in [0, 0.05) is 13.0 Å². The molecule has 0 saturated carbocycles. The Morgan fingerprint density at radius 2 is 1.67 bits per heavy atom. The third-order valence-corrected chi connectivity index (χ3v) is 0.923. The fourth-order valence-corrected chi connectivity index (χ4v) is 0.489. The molecule has 0 spiro atoms. The molecule has 0 saturated heterocycles. The van der Waals surface area contributed by atoms with E-state index in [2.05, 4.69) is 0 Å². The lowest BCUT2D eigenvalue weighted by Gasteiger charge is -2.28. The van der Waals surface area contributed by atoms with Gasteiger partial charge in [-0.15, -0.1) is 5.06 Å². The minimum absolute atomic E-state index is 0.301. The van der Waals surface area contributed by atoms with Crippen LogP contribution in [0.1, 0.15) is 20.8 Å². The summed E-state index contributed by atoms with van der Waals surface area (Å²) in [7, 11) is 0. The number of hydrogen-bond acceptors (Lipinski definition) is 4. The van der Waals surface area contributed by atoms with Gasteiger partial charge in [0.05, 0.1) is 0 Å². The molecule has 0 aliphatic rings. The molecule has 0 aromatic carbocycles. The summed E-state index contributed by atoms with van der Waals surface area (Å²) in [5, 5.41) is 26.6. The van der Waals surface area contributed by atoms with Crippen molar-refractivity contribution >= 4 is 0 Å². The van der Waals surface area contributed by atoms with Gasteiger partial charge in [0.2, 0.25) is 5.91 Å². The van der Waals surface area contributed by atoms with Crippen LogP contribution in [0.4, 0.5) is 0 Å². The Morgan fingerprint density at radius 3 is 1.67 bits per heavy atom. The van der Waals surface area contributed by atoms with Crippen molar-refractivity contribution in [3.63, 3.8) is 0 Å². The van der Waals surface area contributed by atoms with Crippen molar-refractivity contribution in [3.05, 3.63) is 0 Å². The fraction of sp³-hybridized carbons (Fsp3) is 1.00. The summed E-state index contributed by atoms with van der Waals surface area (Å²) >= 11 is 0. The van der Waals surface area contributed by atoms with E-state index in [1.807, 2.05) is 0 Å². The minimum atomic E-state index is -2.13. The van der Waals surface area contributed by atoms with Crippen molar-refractivity contribution in [2.45, 2.75) is 32.7 Å². The topological polar surface area (TPSA) is 63.9 Å². The molecule has 0 unspecified atom stereocenters. The van der Waals surface area contributed by atoms with Crippen LogP contribution in [0.15, 0.2) is 0 Å². The van der Waals surface area contributed by atoms with E-state index in [9.17, 15) is 0 Å². The third-order valence-electron chi connectivity index (χ3n) is 0.923. The SMILES string of the molecule is CC(C)N(O)C(C)(O)O. The molecule has 0 radical (unpaired) electrons. The molecular formula is C5H13NO3. The first-order chi connectivity index (χ1) is 3.85. The van der Waals surface area contributed by atoms with Crippen molar-refractivity contribution in [2.24, 2.45) is 0 Å². The lowest BCUT2D eigenvalue weighted by molar-refractivity contribution is -0.362. The van der Waals surface area contributed by atoms with Crippen molar-refractivity contribution < 1.29 is 15.4 Å². The van der Waals surface area contributed by atoms with Crippen LogP contribution in [0.3, 0.4) is 0 Å². The third kappa shape index (κ3) is 2.76. The monoisotopic (exact) mass is 135 g/mol. The summed E-state index contributed by atoms with van der Waals surface area (Å²) < 4.78 is 0. The average Bonchev–Trinajstić information content (AvgIpc) is 1.62. The quantitative estimate of drug-likeness (QED) is 0.360. The van der Waals surface area contributed by atoms with E-state index in [-0.39, 0.29) is 6.04 Å². The van der Waals surface area contributed by atoms with Crippen molar-refractivity contribution in [3.8, 4) is 0 Å². The van der Waals surface area contributed by atoms with E-state index in [4.69, 9.17) is 15.4 Å². The zero-order chi connectivity index (χ0) is 7.65. The van der Waals surface area contributed by atoms with E-state index in [1.165, 1.54) is 0 Å². The molecule has 0 fully saturated rings. The summed E-state index contributed by atoms with van der Waals surface area (Å²) in [5.74, 6) is -2.13. The molecule has 56 valence electrons. The van der Waals surface area contributed by atoms with Crippen LogP contribution in [-0.4, -0.2) is 32.4 Å². The van der Waals surface area contributed by atoms with E-state index >= 15 is 0 Å². The average molecular weight is 135 g/mol. The Bertz CT molecular complexity index is 86.7. The maximum atomic E-state index is 8.80. The molecule has 4 nitrogen and oxygen atoms in total. The Balaban J connectivity index is 3.88. The van der Waals surface area contributed by atoms with Crippen LogP contribution < -0.4 is 0 Å². The van der Waals surface area contributed by atoms with Gasteiger partial charge in [-0.3, -0.25) is 0 Å². The number of nitrogens with zero attached hydrogens (tertiary/aromatic N) is 1. The van der Waals surface area contributed by atoms with E-state index < -0.39 is 5.91 Å². The largest absolute Gasteiger partial charge is 0.352 e. The second kappa shape index (κ2) is 2.62. The van der Waals surface area contributed by atoms with E-state index in [1.54, 1.807) is 13.8 Å². The van der Waals surface area contributed by atoms with Crippen LogP contribution in [0.5, 0.6) is 0 Å². The Labute approximate surface area is 54.3 Å². The van der Waals surface area contributed by atoms with Crippen LogP contribution in [0, 0.1) is 0 Å². The molecule has 0 bridgehead atoms. The molecule has 0 aliphatic heterocycles. The van der Waals surface area contributed by atoms with Crippen LogP contribution in [0.25, 0.3) is 0 Å². The molecule has 0 amide bonds. The molecular weight excluding hydrogens is 122 g/mol. The molecule has 0 aromatic rings. The van der Waals surface area contributed by atoms with Crippen LogP contribution in [-0.2, 0) is 0 Å². The van der Waals surface area contributed by atoms with Gasteiger partial charge in [0.25, 0.3) is 0 Å². The molecule has 0 rings (SSSR count). The molecule has 0 heterocycles. The maximum absolute atomic E-state index is 8.80. The maximum Gasteiger partial charge on any atom is 0.244 e. The van der Waals surface area contributed by atoms with Crippen LogP contribution in [0.2, 0.25) is 0 Å². The zero-order valence-corrected chi connectivity index (χ0v) is 5.87. The van der Waals surface area contributed by atoms with Gasteiger partial charge in [-0.25, -0.2) is 0 Å². The summed E-state index contributed by atoms with van der Waals surface area (Å²) in [6, 6.07) is -0.301. The Hall–Kier alpha value is -0.160. The summed E-state index contributed by atoms with van der Waals surface area (Å²) in [6.45, 7) is 4.38. The van der Waals surface area contributed by atoms with Gasteiger partial charge in [-0.2, -0.15) is 0 Å². The second-order valence-corrected chi connectivity index (χ2v) is 2.41. The summed E-state index contributed by atoms with van der Waals surface area (Å²) in [5.41, 5.74) is 0. The number of rotatable bonds is 2. The lowest BCUT2D eigenvalue weighted by atomic mass is 10.3. The van der Waals surface area contributed by atoms with Crippen molar-refractivity contribution in [2.75, 3.05) is 0 Å². The molecule has 0 aromatic heterocycles. The predicted octanol–water partition coefficient (Wildman–Crippen LogP) is -0.256.